The van der Waals surface area contributed by atoms with Gasteiger partial charge in [-0.3, -0.25) is 0 Å². The number of hydrogen-bond donors (Lipinski definition) is 2. The maximum absolute atomic E-state index is 5.66. The minimum atomic E-state index is -0.143. The van der Waals surface area contributed by atoms with E-state index in [1.807, 2.05) is 0 Å². The molecule has 1 unspecified atom stereocenters. The zero-order chi connectivity index (χ0) is 10.4. The Balaban J connectivity index is 2.14. The Labute approximate surface area is 86.1 Å². The maximum Gasteiger partial charge on any atom is 0.158 e. The Hall–Kier alpha value is -0.160. The van der Waals surface area contributed by atoms with E-state index < -0.39 is 0 Å². The second kappa shape index (κ2) is 6.35. The van der Waals surface area contributed by atoms with Crippen molar-refractivity contribution in [1.29, 1.82) is 0 Å². The predicted molar refractivity (Wildman–Crippen MR) is 56.0 cm³/mol. The zero-order valence-corrected chi connectivity index (χ0v) is 9.16. The first-order chi connectivity index (χ1) is 6.80. The molecule has 0 aliphatic heterocycles. The van der Waals surface area contributed by atoms with Gasteiger partial charge in [-0.1, -0.05) is 0 Å². The molecule has 84 valence electrons. The molecule has 1 aliphatic rings. The second-order valence-electron chi connectivity index (χ2n) is 3.92. The summed E-state index contributed by atoms with van der Waals surface area (Å²) in [6.07, 6.45) is 3.40. The van der Waals surface area contributed by atoms with Crippen molar-refractivity contribution < 1.29 is 9.47 Å². The topological polar surface area (TPSA) is 56.5 Å². The molecule has 1 saturated carbocycles. The number of ether oxygens (including phenoxy) is 2. The summed E-state index contributed by atoms with van der Waals surface area (Å²) in [7, 11) is 3.31. The van der Waals surface area contributed by atoms with Crippen molar-refractivity contribution in [2.45, 2.75) is 31.6 Å². The number of hydrogen-bond acceptors (Lipinski definition) is 4. The Bertz CT molecular complexity index is 147. The lowest BCUT2D eigenvalue weighted by Crippen LogP contribution is -2.40. The highest BCUT2D eigenvalue weighted by atomic mass is 16.7. The van der Waals surface area contributed by atoms with E-state index in [0.717, 1.165) is 18.9 Å². The molecule has 0 aromatic rings. The summed E-state index contributed by atoms with van der Waals surface area (Å²) < 4.78 is 10.3. The van der Waals surface area contributed by atoms with E-state index in [-0.39, 0.29) is 6.29 Å². The second-order valence-corrected chi connectivity index (χ2v) is 3.92. The van der Waals surface area contributed by atoms with Crippen LogP contribution in [0.4, 0.5) is 0 Å². The maximum atomic E-state index is 5.66. The highest BCUT2D eigenvalue weighted by molar-refractivity contribution is 4.78. The smallest absolute Gasteiger partial charge is 0.158 e. The Morgan fingerprint density at radius 1 is 1.36 bits per heavy atom. The minimum absolute atomic E-state index is 0.143. The van der Waals surface area contributed by atoms with Crippen molar-refractivity contribution >= 4 is 0 Å². The van der Waals surface area contributed by atoms with Crippen molar-refractivity contribution in [3.05, 3.63) is 0 Å². The van der Waals surface area contributed by atoms with Crippen LogP contribution in [0.1, 0.15) is 19.3 Å². The molecule has 0 bridgehead atoms. The summed E-state index contributed by atoms with van der Waals surface area (Å²) in [4.78, 5) is 0. The fraction of sp³-hybridized carbons (Fsp3) is 1.00. The van der Waals surface area contributed by atoms with Gasteiger partial charge in [-0.25, -0.2) is 0 Å². The van der Waals surface area contributed by atoms with Crippen LogP contribution < -0.4 is 11.1 Å². The molecule has 0 amide bonds. The number of rotatable bonds is 8. The number of nitrogens with one attached hydrogen (secondary N) is 1. The molecule has 0 aromatic carbocycles. The zero-order valence-electron chi connectivity index (χ0n) is 9.16. The molecule has 1 aliphatic carbocycles. The van der Waals surface area contributed by atoms with Crippen LogP contribution in [0.2, 0.25) is 0 Å². The third-order valence-corrected chi connectivity index (χ3v) is 2.68. The normalized spacial score (nSPS) is 18.9. The summed E-state index contributed by atoms with van der Waals surface area (Å²) in [5.41, 5.74) is 5.66. The quantitative estimate of drug-likeness (QED) is 0.557. The van der Waals surface area contributed by atoms with E-state index >= 15 is 0 Å². The lowest BCUT2D eigenvalue weighted by Gasteiger charge is -2.21. The largest absolute Gasteiger partial charge is 0.356 e. The van der Waals surface area contributed by atoms with Crippen LogP contribution in [0.5, 0.6) is 0 Å². The van der Waals surface area contributed by atoms with Crippen molar-refractivity contribution in [1.82, 2.24) is 5.32 Å². The average Bonchev–Trinajstić information content (AvgIpc) is 3.02. The van der Waals surface area contributed by atoms with Gasteiger partial charge >= 0.3 is 0 Å². The third kappa shape index (κ3) is 4.37. The monoisotopic (exact) mass is 202 g/mol. The lowest BCUT2D eigenvalue weighted by atomic mass is 10.2. The van der Waals surface area contributed by atoms with Gasteiger partial charge in [0.1, 0.15) is 0 Å². The molecular weight excluding hydrogens is 180 g/mol. The van der Waals surface area contributed by atoms with Crippen molar-refractivity contribution in [2.24, 2.45) is 11.7 Å². The Kier molecular flexibility index (Phi) is 5.40. The molecule has 0 saturated heterocycles. The lowest BCUT2D eigenvalue weighted by molar-refractivity contribution is -0.110. The molecule has 1 fully saturated rings. The van der Waals surface area contributed by atoms with Crippen molar-refractivity contribution in [3.8, 4) is 0 Å². The summed E-state index contributed by atoms with van der Waals surface area (Å²) in [6.45, 7) is 1.72. The summed E-state index contributed by atoms with van der Waals surface area (Å²) in [5, 5.41) is 3.45. The van der Waals surface area contributed by atoms with Gasteiger partial charge in [-0.15, -0.1) is 0 Å². The van der Waals surface area contributed by atoms with Crippen LogP contribution in [0.15, 0.2) is 0 Å². The Morgan fingerprint density at radius 3 is 2.43 bits per heavy atom. The van der Waals surface area contributed by atoms with E-state index in [4.69, 9.17) is 15.2 Å². The number of nitrogens with two attached hydrogens (primary N) is 1. The van der Waals surface area contributed by atoms with Gasteiger partial charge in [0.05, 0.1) is 0 Å². The van der Waals surface area contributed by atoms with Crippen LogP contribution >= 0.6 is 0 Å². The molecule has 3 N–H and O–H groups in total. The molecule has 0 heterocycles. The minimum Gasteiger partial charge on any atom is -0.356 e. The molecule has 4 nitrogen and oxygen atoms in total. The van der Waals surface area contributed by atoms with Crippen LogP contribution in [0.3, 0.4) is 0 Å². The first kappa shape index (κ1) is 11.9. The van der Waals surface area contributed by atoms with Crippen molar-refractivity contribution in [2.75, 3.05) is 27.3 Å². The third-order valence-electron chi connectivity index (χ3n) is 2.68. The molecule has 0 radical (unpaired) electrons. The average molecular weight is 202 g/mol. The summed E-state index contributed by atoms with van der Waals surface area (Å²) in [5.74, 6) is 0.882. The van der Waals surface area contributed by atoms with Gasteiger partial charge < -0.3 is 20.5 Å². The number of methoxy groups -OCH3 is 2. The van der Waals surface area contributed by atoms with Gasteiger partial charge in [0.2, 0.25) is 0 Å². The van der Waals surface area contributed by atoms with Gasteiger partial charge in [0, 0.05) is 33.2 Å². The highest BCUT2D eigenvalue weighted by Crippen LogP contribution is 2.27. The van der Waals surface area contributed by atoms with Gasteiger partial charge in [0.25, 0.3) is 0 Å². The fourth-order valence-corrected chi connectivity index (χ4v) is 1.44. The van der Waals surface area contributed by atoms with Crippen LogP contribution in [-0.4, -0.2) is 39.6 Å². The molecular formula is C10H22N2O2. The van der Waals surface area contributed by atoms with Crippen LogP contribution in [0.25, 0.3) is 0 Å². The molecule has 0 aromatic heterocycles. The summed E-state index contributed by atoms with van der Waals surface area (Å²) >= 11 is 0. The Morgan fingerprint density at radius 2 is 2.00 bits per heavy atom. The van der Waals surface area contributed by atoms with Gasteiger partial charge in [-0.05, 0) is 25.3 Å². The predicted octanol–water partition coefficient (Wildman–Crippen LogP) is 0.322. The molecule has 14 heavy (non-hydrogen) atoms. The SMILES string of the molecule is COC(CC(CN)NCC1CC1)OC. The van der Waals surface area contributed by atoms with Crippen LogP contribution in [-0.2, 0) is 9.47 Å². The standard InChI is InChI=1S/C10H22N2O2/c1-13-10(14-2)5-9(6-11)12-7-8-3-4-8/h8-10,12H,3-7,11H2,1-2H3. The summed E-state index contributed by atoms with van der Waals surface area (Å²) in [6, 6.07) is 0.306. The first-order valence-electron chi connectivity index (χ1n) is 5.29. The van der Waals surface area contributed by atoms with E-state index in [9.17, 15) is 0 Å². The van der Waals surface area contributed by atoms with Gasteiger partial charge in [0.15, 0.2) is 6.29 Å². The van der Waals surface area contributed by atoms with E-state index in [0.29, 0.717) is 12.6 Å². The molecule has 0 spiro atoms. The molecule has 1 rings (SSSR count). The molecule has 1 atom stereocenters. The van der Waals surface area contributed by atoms with E-state index in [1.165, 1.54) is 12.8 Å². The van der Waals surface area contributed by atoms with Crippen LogP contribution in [0, 0.1) is 5.92 Å². The van der Waals surface area contributed by atoms with E-state index in [1.54, 1.807) is 14.2 Å². The van der Waals surface area contributed by atoms with E-state index in [2.05, 4.69) is 5.32 Å². The van der Waals surface area contributed by atoms with Crippen molar-refractivity contribution in [3.63, 3.8) is 0 Å². The molecule has 4 heteroatoms. The fourth-order valence-electron chi connectivity index (χ4n) is 1.44. The highest BCUT2D eigenvalue weighted by Gasteiger charge is 2.22. The van der Waals surface area contributed by atoms with Gasteiger partial charge in [-0.2, -0.15) is 0 Å². The first-order valence-corrected chi connectivity index (χ1v) is 5.29.